The minimum atomic E-state index is -1.31. The van der Waals surface area contributed by atoms with Crippen molar-refractivity contribution >= 4 is 52.6 Å². The smallest absolute Gasteiger partial charge is 0.338 e. The van der Waals surface area contributed by atoms with Gasteiger partial charge in [0.2, 0.25) is 17.7 Å². The molecular formula is C32H28Cl2N2O5. The lowest BCUT2D eigenvalue weighted by atomic mass is 9.54. The van der Waals surface area contributed by atoms with Gasteiger partial charge >= 0.3 is 5.97 Å². The second kappa shape index (κ2) is 9.71. The highest BCUT2D eigenvalue weighted by atomic mass is 35.5. The maximum absolute atomic E-state index is 14.1. The standard InChI is InChI=1S/C32H28Cl2N2O5/c1-17(2)16-41-30(40)19-12-14-20(15-13-19)35-27(37)18(3)36-28(38)25-26(29(36)39)32(34)22-9-5-4-8-21(22)31(25,33)23-10-6-7-11-24(23)32/h4-15,17-18,25-26H,16H2,1-3H3,(H,35,37)/t18-,25-,26-,31?,32?/m0/s1. The van der Waals surface area contributed by atoms with Crippen LogP contribution < -0.4 is 5.32 Å². The Hall–Kier alpha value is -3.68. The van der Waals surface area contributed by atoms with Gasteiger partial charge in [0.05, 0.1) is 24.0 Å². The minimum Gasteiger partial charge on any atom is -0.462 e. The van der Waals surface area contributed by atoms with E-state index < -0.39 is 51.3 Å². The molecule has 1 fully saturated rings. The van der Waals surface area contributed by atoms with Crippen LogP contribution in [0.15, 0.2) is 72.8 Å². The van der Waals surface area contributed by atoms with E-state index in [9.17, 15) is 19.2 Å². The van der Waals surface area contributed by atoms with Gasteiger partial charge in [0.15, 0.2) is 0 Å². The summed E-state index contributed by atoms with van der Waals surface area (Å²) in [6, 6.07) is 19.9. The second-order valence-corrected chi connectivity index (χ2v) is 12.4. The molecule has 3 aromatic carbocycles. The van der Waals surface area contributed by atoms with E-state index in [1.807, 2.05) is 62.4 Å². The summed E-state index contributed by atoms with van der Waals surface area (Å²) in [6.45, 7) is 5.70. The Morgan fingerprint density at radius 3 is 1.66 bits per heavy atom. The minimum absolute atomic E-state index is 0.208. The fourth-order valence-corrected chi connectivity index (χ4v) is 7.55. The lowest BCUT2D eigenvalue weighted by Crippen LogP contribution is -2.57. The molecule has 0 unspecified atom stereocenters. The van der Waals surface area contributed by atoms with Crippen molar-refractivity contribution in [3.05, 3.63) is 101 Å². The van der Waals surface area contributed by atoms with Crippen LogP contribution in [0.1, 0.15) is 53.4 Å². The summed E-state index contributed by atoms with van der Waals surface area (Å²) < 4.78 is 5.24. The summed E-state index contributed by atoms with van der Waals surface area (Å²) >= 11 is 14.9. The van der Waals surface area contributed by atoms with E-state index in [0.717, 1.165) is 4.90 Å². The monoisotopic (exact) mass is 590 g/mol. The van der Waals surface area contributed by atoms with Crippen molar-refractivity contribution in [3.8, 4) is 0 Å². The fourth-order valence-electron chi connectivity index (χ4n) is 6.45. The summed E-state index contributed by atoms with van der Waals surface area (Å²) in [5, 5.41) is 2.75. The lowest BCUT2D eigenvalue weighted by Gasteiger charge is -2.54. The number of carbonyl (C=O) groups is 4. The van der Waals surface area contributed by atoms with Gasteiger partial charge in [0.25, 0.3) is 0 Å². The highest BCUT2D eigenvalue weighted by Crippen LogP contribution is 2.69. The topological polar surface area (TPSA) is 92.8 Å². The van der Waals surface area contributed by atoms with Crippen LogP contribution >= 0.6 is 23.2 Å². The Bertz CT molecular complexity index is 1480. The average Bonchev–Trinajstić information content (AvgIpc) is 3.25. The fraction of sp³-hybridized carbons (Fsp3) is 0.312. The number of esters is 1. The van der Waals surface area contributed by atoms with Gasteiger partial charge in [-0.15, -0.1) is 23.2 Å². The number of hydrogen-bond acceptors (Lipinski definition) is 5. The Morgan fingerprint density at radius 2 is 1.24 bits per heavy atom. The van der Waals surface area contributed by atoms with E-state index >= 15 is 0 Å². The number of ether oxygens (including phenoxy) is 1. The zero-order valence-electron chi connectivity index (χ0n) is 22.7. The number of imide groups is 1. The number of benzene rings is 3. The van der Waals surface area contributed by atoms with Gasteiger partial charge in [-0.05, 0) is 59.4 Å². The number of amides is 3. The second-order valence-electron chi connectivity index (χ2n) is 11.3. The van der Waals surface area contributed by atoms with Crippen LogP contribution in [-0.4, -0.2) is 41.2 Å². The normalized spacial score (nSPS) is 26.3. The first-order valence-corrected chi connectivity index (χ1v) is 14.3. The summed E-state index contributed by atoms with van der Waals surface area (Å²) in [5.41, 5.74) is 3.54. The summed E-state index contributed by atoms with van der Waals surface area (Å²) in [4.78, 5) is 52.1. The number of anilines is 1. The van der Waals surface area contributed by atoms with Gasteiger partial charge in [-0.3, -0.25) is 19.3 Å². The molecule has 1 heterocycles. The number of halogens is 2. The number of likely N-dealkylation sites (tertiary alicyclic amines) is 1. The molecule has 7 nitrogen and oxygen atoms in total. The molecule has 1 aliphatic heterocycles. The largest absolute Gasteiger partial charge is 0.462 e. The number of nitrogens with zero attached hydrogens (tertiary/aromatic N) is 1. The Morgan fingerprint density at radius 1 is 0.805 bits per heavy atom. The molecule has 3 aliphatic carbocycles. The third-order valence-electron chi connectivity index (χ3n) is 8.32. The molecule has 2 bridgehead atoms. The molecule has 3 aromatic rings. The molecule has 9 heteroatoms. The Kier molecular flexibility index (Phi) is 6.51. The molecule has 0 spiro atoms. The molecule has 0 aromatic heterocycles. The van der Waals surface area contributed by atoms with Crippen LogP contribution in [0, 0.1) is 17.8 Å². The summed E-state index contributed by atoms with van der Waals surface area (Å²) in [6.07, 6.45) is 0. The van der Waals surface area contributed by atoms with Crippen LogP contribution in [0.25, 0.3) is 0 Å². The maximum atomic E-state index is 14.1. The van der Waals surface area contributed by atoms with Gasteiger partial charge in [0.1, 0.15) is 15.8 Å². The van der Waals surface area contributed by atoms with Crippen molar-refractivity contribution in [2.45, 2.75) is 36.6 Å². The van der Waals surface area contributed by atoms with Crippen LogP contribution in [-0.2, 0) is 28.9 Å². The van der Waals surface area contributed by atoms with E-state index in [0.29, 0.717) is 40.1 Å². The Labute approximate surface area is 247 Å². The molecule has 3 atom stereocenters. The van der Waals surface area contributed by atoms with Crippen molar-refractivity contribution in [3.63, 3.8) is 0 Å². The van der Waals surface area contributed by atoms with Gasteiger partial charge in [-0.25, -0.2) is 4.79 Å². The predicted molar refractivity (Wildman–Crippen MR) is 155 cm³/mol. The van der Waals surface area contributed by atoms with Gasteiger partial charge in [-0.1, -0.05) is 62.4 Å². The number of nitrogens with one attached hydrogen (secondary N) is 1. The van der Waals surface area contributed by atoms with E-state index in [4.69, 9.17) is 27.9 Å². The van der Waals surface area contributed by atoms with E-state index in [1.165, 1.54) is 6.92 Å². The maximum Gasteiger partial charge on any atom is 0.338 e. The average molecular weight is 591 g/mol. The van der Waals surface area contributed by atoms with Crippen LogP contribution in [0.3, 0.4) is 0 Å². The van der Waals surface area contributed by atoms with E-state index in [1.54, 1.807) is 24.3 Å². The molecule has 0 radical (unpaired) electrons. The third kappa shape index (κ3) is 3.86. The quantitative estimate of drug-likeness (QED) is 0.235. The zero-order valence-corrected chi connectivity index (χ0v) is 24.2. The summed E-state index contributed by atoms with van der Waals surface area (Å²) in [5.74, 6) is -3.84. The van der Waals surface area contributed by atoms with Crippen molar-refractivity contribution in [1.29, 1.82) is 0 Å². The van der Waals surface area contributed by atoms with E-state index in [2.05, 4.69) is 5.32 Å². The number of rotatable bonds is 6. The zero-order chi connectivity index (χ0) is 29.3. The number of hydrogen-bond donors (Lipinski definition) is 1. The molecule has 7 rings (SSSR count). The predicted octanol–water partition coefficient (Wildman–Crippen LogP) is 5.42. The van der Waals surface area contributed by atoms with Crippen molar-refractivity contribution in [1.82, 2.24) is 4.90 Å². The molecule has 1 saturated heterocycles. The Balaban J connectivity index is 1.29. The summed E-state index contributed by atoms with van der Waals surface area (Å²) in [7, 11) is 0. The SMILES string of the molecule is CC(C)COC(=O)c1ccc(NC(=O)[C@H](C)N2C(=O)[C@@H]3[C@@H](C2=O)C2(Cl)c4ccccc4C3(Cl)c3ccccc32)cc1. The molecule has 41 heavy (non-hydrogen) atoms. The molecule has 210 valence electrons. The van der Waals surface area contributed by atoms with Crippen LogP contribution in [0.2, 0.25) is 0 Å². The number of carbonyl (C=O) groups excluding carboxylic acids is 4. The highest BCUT2D eigenvalue weighted by Gasteiger charge is 2.73. The van der Waals surface area contributed by atoms with Gasteiger partial charge in [0, 0.05) is 5.69 Å². The molecule has 0 saturated carbocycles. The van der Waals surface area contributed by atoms with E-state index in [-0.39, 0.29) is 5.92 Å². The molecule has 3 amide bonds. The molecule has 1 N–H and O–H groups in total. The van der Waals surface area contributed by atoms with Gasteiger partial charge < -0.3 is 10.1 Å². The van der Waals surface area contributed by atoms with Crippen LogP contribution in [0.4, 0.5) is 5.69 Å². The first kappa shape index (κ1) is 27.5. The highest BCUT2D eigenvalue weighted by molar-refractivity contribution is 6.36. The van der Waals surface area contributed by atoms with Crippen LogP contribution in [0.5, 0.6) is 0 Å². The number of alkyl halides is 2. The third-order valence-corrected chi connectivity index (χ3v) is 9.61. The van der Waals surface area contributed by atoms with Crippen molar-refractivity contribution in [2.75, 3.05) is 11.9 Å². The molecular weight excluding hydrogens is 563 g/mol. The molecule has 4 aliphatic rings. The first-order chi connectivity index (χ1) is 19.5. The van der Waals surface area contributed by atoms with Gasteiger partial charge in [-0.2, -0.15) is 0 Å². The van der Waals surface area contributed by atoms with Crippen molar-refractivity contribution in [2.24, 2.45) is 17.8 Å². The van der Waals surface area contributed by atoms with Crippen molar-refractivity contribution < 1.29 is 23.9 Å². The first-order valence-electron chi connectivity index (χ1n) is 13.5. The lowest BCUT2D eigenvalue weighted by molar-refractivity contribution is -0.146.